The molecule has 3 aromatic rings. The summed E-state index contributed by atoms with van der Waals surface area (Å²) in [5.41, 5.74) is 1.64. The quantitative estimate of drug-likeness (QED) is 0.659. The van der Waals surface area contributed by atoms with Crippen LogP contribution in [0.5, 0.6) is 5.75 Å². The Bertz CT molecular complexity index is 1190. The number of carbonyl (C=O) groups excluding carboxylic acids is 2. The lowest BCUT2D eigenvalue weighted by molar-refractivity contribution is 0.0963. The number of pyridine rings is 1. The maximum Gasteiger partial charge on any atom is 0.261 e. The van der Waals surface area contributed by atoms with E-state index in [2.05, 4.69) is 10.3 Å². The Hall–Kier alpha value is -3.38. The molecule has 4 rings (SSSR count). The van der Waals surface area contributed by atoms with E-state index in [0.29, 0.717) is 40.6 Å². The molecule has 2 N–H and O–H groups in total. The number of aromatic nitrogens is 1. The Balaban J connectivity index is 1.64. The number of aromatic amines is 1. The summed E-state index contributed by atoms with van der Waals surface area (Å²) in [6.07, 6.45) is 0.858. The molecule has 1 aliphatic carbocycles. The summed E-state index contributed by atoms with van der Waals surface area (Å²) >= 11 is 5.99. The van der Waals surface area contributed by atoms with Crippen LogP contribution >= 0.6 is 11.6 Å². The van der Waals surface area contributed by atoms with Gasteiger partial charge in [0, 0.05) is 22.7 Å². The van der Waals surface area contributed by atoms with Crippen LogP contribution in [0.3, 0.4) is 0 Å². The molecule has 2 aromatic carbocycles. The number of hydrogen-bond donors (Lipinski definition) is 2. The second-order valence-electron chi connectivity index (χ2n) is 7.14. The number of Topliss-reactive ketones (excluding diaryl/α,β-unsaturated/α-hetero) is 1. The number of amides is 1. The standard InChI is InChI=1S/C23H19ClN2O4/c1-30-21-8-7-15(24)11-19(21)26-23(29)17-12-16-18(25-22(17)28)9-14(10-20(16)27)13-5-3-2-4-6-13/h2-8,11-12,14H,9-10H2,1H3,(H,25,28)(H,26,29). The Kier molecular flexibility index (Phi) is 5.42. The van der Waals surface area contributed by atoms with Gasteiger partial charge in [-0.3, -0.25) is 14.4 Å². The maximum absolute atomic E-state index is 12.8. The van der Waals surface area contributed by atoms with Crippen molar-refractivity contribution in [1.29, 1.82) is 0 Å². The number of rotatable bonds is 4. The second kappa shape index (κ2) is 8.16. The van der Waals surface area contributed by atoms with Gasteiger partial charge in [-0.05, 0) is 42.2 Å². The zero-order valence-electron chi connectivity index (χ0n) is 16.2. The third-order valence-corrected chi connectivity index (χ3v) is 5.47. The summed E-state index contributed by atoms with van der Waals surface area (Å²) in [5, 5.41) is 3.05. The number of benzene rings is 2. The van der Waals surface area contributed by atoms with Gasteiger partial charge in [0.15, 0.2) is 5.78 Å². The largest absolute Gasteiger partial charge is 0.495 e. The van der Waals surface area contributed by atoms with E-state index < -0.39 is 11.5 Å². The number of ketones is 1. The molecular formula is C23H19ClN2O4. The van der Waals surface area contributed by atoms with Gasteiger partial charge in [-0.2, -0.15) is 0 Å². The maximum atomic E-state index is 12.8. The highest BCUT2D eigenvalue weighted by atomic mass is 35.5. The van der Waals surface area contributed by atoms with Crippen molar-refractivity contribution in [3.8, 4) is 5.75 Å². The van der Waals surface area contributed by atoms with E-state index in [1.807, 2.05) is 30.3 Å². The highest BCUT2D eigenvalue weighted by Gasteiger charge is 2.29. The van der Waals surface area contributed by atoms with Crippen LogP contribution in [0.4, 0.5) is 5.69 Å². The van der Waals surface area contributed by atoms with Gasteiger partial charge in [-0.1, -0.05) is 41.9 Å². The first-order valence-corrected chi connectivity index (χ1v) is 9.83. The van der Waals surface area contributed by atoms with Crippen molar-refractivity contribution in [2.45, 2.75) is 18.8 Å². The average molecular weight is 423 g/mol. The molecule has 1 unspecified atom stereocenters. The number of ether oxygens (including phenoxy) is 1. The van der Waals surface area contributed by atoms with Crippen LogP contribution in [0.25, 0.3) is 0 Å². The number of halogens is 1. The van der Waals surface area contributed by atoms with Gasteiger partial charge in [0.25, 0.3) is 11.5 Å². The zero-order valence-corrected chi connectivity index (χ0v) is 17.0. The molecule has 0 saturated carbocycles. The molecule has 0 bridgehead atoms. The number of anilines is 1. The summed E-state index contributed by atoms with van der Waals surface area (Å²) in [6.45, 7) is 0. The number of hydrogen-bond acceptors (Lipinski definition) is 4. The fourth-order valence-electron chi connectivity index (χ4n) is 3.73. The minimum atomic E-state index is -0.641. The van der Waals surface area contributed by atoms with Crippen molar-refractivity contribution < 1.29 is 14.3 Å². The van der Waals surface area contributed by atoms with Crippen molar-refractivity contribution in [2.75, 3.05) is 12.4 Å². The lowest BCUT2D eigenvalue weighted by Gasteiger charge is -2.24. The fourth-order valence-corrected chi connectivity index (χ4v) is 3.90. The number of methoxy groups -OCH3 is 1. The smallest absolute Gasteiger partial charge is 0.261 e. The molecule has 0 fully saturated rings. The van der Waals surface area contributed by atoms with Crippen LogP contribution in [-0.4, -0.2) is 23.8 Å². The average Bonchev–Trinajstić information content (AvgIpc) is 2.74. The molecule has 1 aromatic heterocycles. The summed E-state index contributed by atoms with van der Waals surface area (Å²) in [6, 6.07) is 15.9. The van der Waals surface area contributed by atoms with E-state index in [-0.39, 0.29) is 17.3 Å². The predicted molar refractivity (Wildman–Crippen MR) is 115 cm³/mol. The van der Waals surface area contributed by atoms with E-state index in [1.54, 1.807) is 12.1 Å². The Labute approximate surface area is 177 Å². The van der Waals surface area contributed by atoms with Crippen molar-refractivity contribution in [3.05, 3.63) is 92.4 Å². The normalized spacial score (nSPS) is 15.4. The van der Waals surface area contributed by atoms with E-state index in [0.717, 1.165) is 5.56 Å². The minimum Gasteiger partial charge on any atom is -0.495 e. The first-order chi connectivity index (χ1) is 14.5. The Morgan fingerprint density at radius 2 is 1.87 bits per heavy atom. The van der Waals surface area contributed by atoms with Crippen molar-refractivity contribution in [2.24, 2.45) is 0 Å². The van der Waals surface area contributed by atoms with Crippen molar-refractivity contribution >= 4 is 29.0 Å². The topological polar surface area (TPSA) is 88.3 Å². The lowest BCUT2D eigenvalue weighted by Crippen LogP contribution is -2.29. The van der Waals surface area contributed by atoms with Gasteiger partial charge in [-0.25, -0.2) is 0 Å². The molecule has 0 saturated heterocycles. The Morgan fingerprint density at radius 3 is 2.60 bits per heavy atom. The molecule has 1 amide bonds. The lowest BCUT2D eigenvalue weighted by atomic mass is 9.81. The van der Waals surface area contributed by atoms with Gasteiger partial charge < -0.3 is 15.0 Å². The highest BCUT2D eigenvalue weighted by Crippen LogP contribution is 2.32. The van der Waals surface area contributed by atoms with Crippen LogP contribution < -0.4 is 15.6 Å². The number of nitrogens with one attached hydrogen (secondary N) is 2. The molecule has 7 heteroatoms. The monoisotopic (exact) mass is 422 g/mol. The van der Waals surface area contributed by atoms with E-state index in [4.69, 9.17) is 16.3 Å². The van der Waals surface area contributed by atoms with Gasteiger partial charge in [-0.15, -0.1) is 0 Å². The number of carbonyl (C=O) groups is 2. The molecule has 30 heavy (non-hydrogen) atoms. The van der Waals surface area contributed by atoms with Gasteiger partial charge in [0.2, 0.25) is 0 Å². The Morgan fingerprint density at radius 1 is 1.10 bits per heavy atom. The van der Waals surface area contributed by atoms with Gasteiger partial charge in [0.1, 0.15) is 11.3 Å². The van der Waals surface area contributed by atoms with Crippen LogP contribution in [0.2, 0.25) is 5.02 Å². The van der Waals surface area contributed by atoms with Crippen molar-refractivity contribution in [1.82, 2.24) is 4.98 Å². The van der Waals surface area contributed by atoms with E-state index in [9.17, 15) is 14.4 Å². The first kappa shape index (κ1) is 19.9. The molecular weight excluding hydrogens is 404 g/mol. The molecule has 152 valence electrons. The molecule has 0 spiro atoms. The SMILES string of the molecule is COc1ccc(Cl)cc1NC(=O)c1cc2c([nH]c1=O)CC(c1ccccc1)CC2=O. The second-order valence-corrected chi connectivity index (χ2v) is 7.58. The van der Waals surface area contributed by atoms with Crippen LogP contribution in [0, 0.1) is 0 Å². The van der Waals surface area contributed by atoms with Crippen LogP contribution in [0.15, 0.2) is 59.4 Å². The predicted octanol–water partition coefficient (Wildman–Crippen LogP) is 4.20. The molecule has 0 aliphatic heterocycles. The molecule has 1 heterocycles. The third-order valence-electron chi connectivity index (χ3n) is 5.23. The third kappa shape index (κ3) is 3.86. The first-order valence-electron chi connectivity index (χ1n) is 9.45. The van der Waals surface area contributed by atoms with Crippen molar-refractivity contribution in [3.63, 3.8) is 0 Å². The molecule has 1 aliphatic rings. The zero-order chi connectivity index (χ0) is 21.3. The van der Waals surface area contributed by atoms with Crippen LogP contribution in [-0.2, 0) is 6.42 Å². The number of H-pyrrole nitrogens is 1. The molecule has 6 nitrogen and oxygen atoms in total. The molecule has 0 radical (unpaired) electrons. The minimum absolute atomic E-state index is 0.00255. The number of fused-ring (bicyclic) bond motifs is 1. The van der Waals surface area contributed by atoms with Crippen LogP contribution in [0.1, 0.15) is 44.3 Å². The summed E-state index contributed by atoms with van der Waals surface area (Å²) in [4.78, 5) is 40.9. The van der Waals surface area contributed by atoms with Gasteiger partial charge in [0.05, 0.1) is 12.8 Å². The molecule has 1 atom stereocenters. The van der Waals surface area contributed by atoms with Gasteiger partial charge >= 0.3 is 0 Å². The van der Waals surface area contributed by atoms with E-state index in [1.165, 1.54) is 19.2 Å². The summed E-state index contributed by atoms with van der Waals surface area (Å²) in [7, 11) is 1.46. The van der Waals surface area contributed by atoms with E-state index >= 15 is 0 Å². The fraction of sp³-hybridized carbons (Fsp3) is 0.174. The summed E-state index contributed by atoms with van der Waals surface area (Å²) in [5.74, 6) is -0.338. The highest BCUT2D eigenvalue weighted by molar-refractivity contribution is 6.31. The summed E-state index contributed by atoms with van der Waals surface area (Å²) < 4.78 is 5.22.